The predicted molar refractivity (Wildman–Crippen MR) is 382 cm³/mol. The first-order valence-electron chi connectivity index (χ1n) is 29.9. The summed E-state index contributed by atoms with van der Waals surface area (Å²) in [7, 11) is -4.80. The summed E-state index contributed by atoms with van der Waals surface area (Å²) in [4.78, 5) is 23.8. The maximum atomic E-state index is 14.0. The molecule has 9 aromatic carbocycles. The number of primary sulfonamides is 1. The number of sulfonamides is 1. The summed E-state index contributed by atoms with van der Waals surface area (Å²) in [5, 5.41) is 43.4. The molecule has 100 heavy (non-hydrogen) atoms. The van der Waals surface area contributed by atoms with Gasteiger partial charge in [-0.15, -0.1) is 0 Å². The Morgan fingerprint density at radius 2 is 0.850 bits per heavy atom. The molecule has 28 heteroatoms. The second kappa shape index (κ2) is 39.2. The third kappa shape index (κ3) is 24.9. The summed E-state index contributed by atoms with van der Waals surface area (Å²) in [6, 6.07) is 37.8. The van der Waals surface area contributed by atoms with Crippen molar-refractivity contribution in [1.29, 1.82) is 10.5 Å². The summed E-state index contributed by atoms with van der Waals surface area (Å²) < 4.78 is 122. The van der Waals surface area contributed by atoms with Crippen molar-refractivity contribution in [1.82, 2.24) is 5.32 Å². The maximum Gasteiger partial charge on any atom is 0.337 e. The maximum absolute atomic E-state index is 14.0. The Labute approximate surface area is 616 Å². The minimum Gasteiger partial charge on any atom is -0.508 e. The molecule has 528 valence electrons. The fourth-order valence-corrected chi connectivity index (χ4v) is 10.7. The largest absolute Gasteiger partial charge is 0.508 e. The Kier molecular flexibility index (Phi) is 32.4. The van der Waals surface area contributed by atoms with E-state index in [0.717, 1.165) is 28.3 Å². The van der Waals surface area contributed by atoms with Crippen LogP contribution >= 0.6 is 92.8 Å². The molecule has 0 spiro atoms. The Balaban J connectivity index is 0.000000280. The van der Waals surface area contributed by atoms with Crippen molar-refractivity contribution in [3.63, 3.8) is 0 Å². The van der Waals surface area contributed by atoms with Crippen molar-refractivity contribution >= 4 is 115 Å². The standard InChI is InChI=1S/C23H21Cl2FN2O4S.C16H12Cl2FNO.C16H13Cl2FO3.C9H11FO.C7H2Cl2FN.CH3F/c1-13(2)15-9-16(26)11-17(10-15)32-22-20(24)8-7-19(21(22)25)23(29)28-12-14-3-5-18(6-4-14)33(27,30)31;1-9(2)11-5-12(19)7-13(6-11)21-16-14(17)4-3-10(8-20)15(16)18;1-8(2)9-5-10(19)7-11(6-9)22-15-13(17)4-3-12(14(15)18)16(20)21;1-6(2)7-3-8(10)5-9(11)4-7;8-5-2-1-4(3-11)6(9)7(5)10;1-2/h3-11,13H,12H2,1-2H3,(H,28,29)(H2,27,30,31);3-7,9H,1-2H3;3-8H,1-2H3,(H,20,21);3-6,11H,1-2H3;1-2H;1H3/i;;;;;1D. The number of phenols is 1. The van der Waals surface area contributed by atoms with Crippen LogP contribution in [-0.4, -0.2) is 37.7 Å². The Morgan fingerprint density at radius 3 is 1.22 bits per heavy atom. The van der Waals surface area contributed by atoms with E-state index in [1.807, 2.05) is 61.5 Å². The van der Waals surface area contributed by atoms with E-state index in [9.17, 15) is 44.3 Å². The summed E-state index contributed by atoms with van der Waals surface area (Å²) >= 11 is 47.6. The normalized spacial score (nSPS) is 10.8. The van der Waals surface area contributed by atoms with E-state index in [1.54, 1.807) is 30.3 Å². The van der Waals surface area contributed by atoms with Gasteiger partial charge < -0.3 is 29.7 Å². The van der Waals surface area contributed by atoms with Crippen LogP contribution in [0.1, 0.15) is 140 Å². The number of carboxylic acids is 1. The molecular formula is C72H62Cl8F6N4O9S. The van der Waals surface area contributed by atoms with Crippen molar-refractivity contribution in [2.75, 3.05) is 7.15 Å². The number of nitrogens with one attached hydrogen (secondary N) is 1. The van der Waals surface area contributed by atoms with Crippen molar-refractivity contribution < 1.29 is 70.1 Å². The Bertz CT molecular complexity index is 4610. The number of aromatic carboxylic acids is 1. The lowest BCUT2D eigenvalue weighted by molar-refractivity contribution is 0.0696. The van der Waals surface area contributed by atoms with Gasteiger partial charge in [0.1, 0.15) is 63.4 Å². The molecule has 0 atom stereocenters. The summed E-state index contributed by atoms with van der Waals surface area (Å²) in [6.45, 7) is 15.6. The van der Waals surface area contributed by atoms with Crippen LogP contribution in [0.5, 0.6) is 40.2 Å². The van der Waals surface area contributed by atoms with Gasteiger partial charge >= 0.3 is 5.97 Å². The molecular weight excluding hydrogens is 1490 g/mol. The van der Waals surface area contributed by atoms with Gasteiger partial charge in [0.25, 0.3) is 5.91 Å². The van der Waals surface area contributed by atoms with Crippen LogP contribution in [0, 0.1) is 51.7 Å². The van der Waals surface area contributed by atoms with Gasteiger partial charge in [-0.3, -0.25) is 9.18 Å². The predicted octanol–water partition coefficient (Wildman–Crippen LogP) is 23.5. The number of aromatic hydroxyl groups is 1. The van der Waals surface area contributed by atoms with Gasteiger partial charge in [0, 0.05) is 30.8 Å². The number of phenolic OH excluding ortho intramolecular Hbond substituents is 1. The van der Waals surface area contributed by atoms with Crippen molar-refractivity contribution in [3.05, 3.63) is 265 Å². The number of nitriles is 2. The zero-order valence-corrected chi connectivity index (χ0v) is 60.9. The third-order valence-corrected chi connectivity index (χ3v) is 17.1. The number of carboxylic acid groups (broad SMARTS) is 1. The third-order valence-electron chi connectivity index (χ3n) is 13.5. The molecule has 0 fully saturated rings. The molecule has 0 saturated carbocycles. The van der Waals surface area contributed by atoms with Gasteiger partial charge in [0.05, 0.1) is 70.8 Å². The Morgan fingerprint density at radius 1 is 0.510 bits per heavy atom. The van der Waals surface area contributed by atoms with Crippen molar-refractivity contribution in [3.8, 4) is 52.4 Å². The molecule has 0 unspecified atom stereocenters. The number of nitrogens with zero attached hydrogens (tertiary/aromatic N) is 2. The van der Waals surface area contributed by atoms with E-state index in [4.69, 9.17) is 134 Å². The van der Waals surface area contributed by atoms with Crippen molar-refractivity contribution in [2.45, 2.75) is 90.5 Å². The second-order valence-electron chi connectivity index (χ2n) is 22.2. The highest BCUT2D eigenvalue weighted by molar-refractivity contribution is 7.89. The van der Waals surface area contributed by atoms with Gasteiger partial charge in [-0.05, 0) is 161 Å². The minimum absolute atomic E-state index is 0.00583. The van der Waals surface area contributed by atoms with Gasteiger partial charge in [-0.1, -0.05) is 160 Å². The molecule has 0 aliphatic rings. The van der Waals surface area contributed by atoms with E-state index in [2.05, 4.69) is 5.32 Å². The zero-order chi connectivity index (χ0) is 75.9. The number of hydrogen-bond acceptors (Lipinski definition) is 10. The van der Waals surface area contributed by atoms with Crippen LogP contribution in [0.2, 0.25) is 40.2 Å². The zero-order valence-electron chi connectivity index (χ0n) is 55.0. The number of carbonyl (C=O) groups is 2. The Hall–Kier alpha value is -8.09. The van der Waals surface area contributed by atoms with Gasteiger partial charge in [-0.2, -0.15) is 10.5 Å². The lowest BCUT2D eigenvalue weighted by atomic mass is 10.0. The molecule has 0 aliphatic carbocycles. The highest BCUT2D eigenvalue weighted by Crippen LogP contribution is 2.43. The van der Waals surface area contributed by atoms with E-state index >= 15 is 0 Å². The molecule has 0 heterocycles. The van der Waals surface area contributed by atoms with Crippen LogP contribution in [0.25, 0.3) is 0 Å². The van der Waals surface area contributed by atoms with E-state index in [-0.39, 0.29) is 144 Å². The summed E-state index contributed by atoms with van der Waals surface area (Å²) in [5.41, 5.74) is 4.06. The summed E-state index contributed by atoms with van der Waals surface area (Å²) in [6.07, 6.45) is 0. The fraction of sp³-hybridized carbons (Fsp3) is 0.194. The highest BCUT2D eigenvalue weighted by Gasteiger charge is 2.22. The molecule has 1 amide bonds. The number of hydrogen-bond donors (Lipinski definition) is 4. The van der Waals surface area contributed by atoms with Crippen LogP contribution < -0.4 is 24.7 Å². The molecule has 9 rings (SSSR count). The lowest BCUT2D eigenvalue weighted by Gasteiger charge is -2.15. The average molecular weight is 1560 g/mol. The smallest absolute Gasteiger partial charge is 0.337 e. The molecule has 0 aliphatic heterocycles. The first kappa shape index (κ1) is 82.6. The lowest BCUT2D eigenvalue weighted by Crippen LogP contribution is -2.23. The number of amides is 1. The van der Waals surface area contributed by atoms with Crippen LogP contribution in [0.15, 0.2) is 150 Å². The molecule has 0 aromatic heterocycles. The number of alkyl halides is 1. The van der Waals surface area contributed by atoms with Crippen LogP contribution in [0.3, 0.4) is 0 Å². The molecule has 13 nitrogen and oxygen atoms in total. The SMILES string of the molecule is CC(C)c1cc(F)cc(Oc2c(Cl)ccc(C#N)c2Cl)c1.CC(C)c1cc(F)cc(Oc2c(Cl)ccc(C(=O)NCc3ccc(S(N)(=O)=O)cc3)c2Cl)c1.CC(C)c1cc(F)cc(Oc2c(Cl)ccc(C(=O)O)c2Cl)c1.CC(C)c1cc(O)cc(F)c1.N#Cc1ccc(Cl)c(F)c1Cl.[2H]CF. The highest BCUT2D eigenvalue weighted by atomic mass is 35.5. The van der Waals surface area contributed by atoms with Crippen molar-refractivity contribution in [2.24, 2.45) is 5.14 Å². The molecule has 5 N–H and O–H groups in total. The molecule has 0 bridgehead atoms. The average Bonchev–Trinajstić information content (AvgIpc) is 0.802. The van der Waals surface area contributed by atoms with E-state index in [0.29, 0.717) is 5.56 Å². The molecule has 0 radical (unpaired) electrons. The van der Waals surface area contributed by atoms with Crippen LogP contribution in [0.4, 0.5) is 26.3 Å². The quantitative estimate of drug-likeness (QED) is 0.0558. The van der Waals surface area contributed by atoms with E-state index in [1.165, 1.54) is 115 Å². The number of halogens is 14. The number of benzene rings is 9. The fourth-order valence-electron chi connectivity index (χ4n) is 8.20. The number of rotatable bonds is 15. The molecule has 0 saturated heterocycles. The number of carbonyl (C=O) groups excluding carboxylic acids is 1. The van der Waals surface area contributed by atoms with Gasteiger partial charge in [0.2, 0.25) is 10.0 Å². The first-order valence-corrected chi connectivity index (χ1v) is 33.7. The minimum atomic E-state index is -3.80. The number of nitrogens with two attached hydrogens (primary N) is 1. The number of ether oxygens (including phenoxy) is 3. The first-order chi connectivity index (χ1) is 47.3. The topological polar surface area (TPSA) is 222 Å². The van der Waals surface area contributed by atoms with Gasteiger partial charge in [0.15, 0.2) is 23.1 Å². The van der Waals surface area contributed by atoms with Crippen LogP contribution in [-0.2, 0) is 16.6 Å². The van der Waals surface area contributed by atoms with Gasteiger partial charge in [-0.25, -0.2) is 40.3 Å². The molecule has 9 aromatic rings. The second-order valence-corrected chi connectivity index (χ2v) is 26.9. The summed E-state index contributed by atoms with van der Waals surface area (Å²) in [5.74, 6) is -2.71. The monoisotopic (exact) mass is 1550 g/mol. The van der Waals surface area contributed by atoms with E-state index < -0.39 is 52.3 Å².